The third-order valence-electron chi connectivity index (χ3n) is 3.57. The van der Waals surface area contributed by atoms with E-state index in [4.69, 9.17) is 0 Å². The highest BCUT2D eigenvalue weighted by Gasteiger charge is 2.11. The van der Waals surface area contributed by atoms with Crippen molar-refractivity contribution >= 4 is 11.7 Å². The van der Waals surface area contributed by atoms with E-state index in [1.165, 1.54) is 10.6 Å². The summed E-state index contributed by atoms with van der Waals surface area (Å²) in [5.41, 5.74) is 2.90. The molecule has 0 saturated carbocycles. The molecule has 3 N–H and O–H groups in total. The van der Waals surface area contributed by atoms with E-state index in [1.54, 1.807) is 20.2 Å². The van der Waals surface area contributed by atoms with Gasteiger partial charge in [0.2, 0.25) is 0 Å². The van der Waals surface area contributed by atoms with E-state index in [1.807, 2.05) is 31.2 Å². The van der Waals surface area contributed by atoms with Gasteiger partial charge in [0, 0.05) is 25.9 Å². The van der Waals surface area contributed by atoms with E-state index in [0.29, 0.717) is 11.3 Å². The number of aryl methyl sites for hydroxylation is 3. The molecular formula is C17H21N3O3. The van der Waals surface area contributed by atoms with Crippen LogP contribution in [0.3, 0.4) is 0 Å². The summed E-state index contributed by atoms with van der Waals surface area (Å²) in [5.74, 6) is 0. The summed E-state index contributed by atoms with van der Waals surface area (Å²) in [7, 11) is 1.62. The molecule has 122 valence electrons. The van der Waals surface area contributed by atoms with Gasteiger partial charge in [-0.05, 0) is 25.0 Å². The number of aliphatic hydroxyl groups is 1. The number of benzene rings is 1. The second-order valence-corrected chi connectivity index (χ2v) is 5.58. The second kappa shape index (κ2) is 7.11. The predicted octanol–water partition coefficient (Wildman–Crippen LogP) is 1.86. The molecule has 1 aromatic heterocycles. The fraction of sp³-hybridized carbons (Fsp3) is 0.294. The summed E-state index contributed by atoms with van der Waals surface area (Å²) < 4.78 is 1.39. The summed E-state index contributed by atoms with van der Waals surface area (Å²) in [4.78, 5) is 23.4. The average molecular weight is 315 g/mol. The Kier molecular flexibility index (Phi) is 5.18. The Balaban J connectivity index is 1.95. The molecule has 0 aliphatic carbocycles. The number of hydrogen-bond donors (Lipinski definition) is 3. The van der Waals surface area contributed by atoms with Crippen LogP contribution in [-0.2, 0) is 7.05 Å². The molecule has 0 spiro atoms. The number of hydrogen-bond acceptors (Lipinski definition) is 3. The molecule has 23 heavy (non-hydrogen) atoms. The van der Waals surface area contributed by atoms with Crippen LogP contribution < -0.4 is 16.2 Å². The Morgan fingerprint density at radius 3 is 2.74 bits per heavy atom. The van der Waals surface area contributed by atoms with E-state index >= 15 is 0 Å². The van der Waals surface area contributed by atoms with E-state index in [2.05, 4.69) is 10.6 Å². The van der Waals surface area contributed by atoms with Gasteiger partial charge in [-0.15, -0.1) is 0 Å². The van der Waals surface area contributed by atoms with Crippen LogP contribution in [-0.4, -0.2) is 22.2 Å². The summed E-state index contributed by atoms with van der Waals surface area (Å²) in [6.07, 6.45) is 0.788. The van der Waals surface area contributed by atoms with Gasteiger partial charge in [0.25, 0.3) is 5.56 Å². The molecule has 6 heteroatoms. The molecule has 0 aliphatic heterocycles. The van der Waals surface area contributed by atoms with Crippen LogP contribution in [0.1, 0.15) is 22.8 Å². The zero-order valence-corrected chi connectivity index (χ0v) is 13.5. The molecule has 2 rings (SSSR count). The number of urea groups is 1. The third kappa shape index (κ3) is 4.43. The van der Waals surface area contributed by atoms with Crippen LogP contribution in [0, 0.1) is 13.8 Å². The van der Waals surface area contributed by atoms with Gasteiger partial charge in [0.05, 0.1) is 11.8 Å². The number of pyridine rings is 1. The van der Waals surface area contributed by atoms with Crippen molar-refractivity contribution in [3.63, 3.8) is 0 Å². The van der Waals surface area contributed by atoms with Gasteiger partial charge in [0.15, 0.2) is 0 Å². The van der Waals surface area contributed by atoms with Crippen LogP contribution >= 0.6 is 0 Å². The summed E-state index contributed by atoms with van der Waals surface area (Å²) in [6, 6.07) is 8.52. The molecule has 1 heterocycles. The van der Waals surface area contributed by atoms with Crippen molar-refractivity contribution in [1.29, 1.82) is 0 Å². The topological polar surface area (TPSA) is 83.4 Å². The molecule has 2 amide bonds. The van der Waals surface area contributed by atoms with Crippen LogP contribution in [0.25, 0.3) is 0 Å². The molecule has 0 aliphatic rings. The molecule has 1 aromatic carbocycles. The number of nitrogens with one attached hydrogen (secondary N) is 2. The molecule has 1 unspecified atom stereocenters. The van der Waals surface area contributed by atoms with Crippen molar-refractivity contribution in [3.05, 3.63) is 63.6 Å². The fourth-order valence-corrected chi connectivity index (χ4v) is 2.21. The van der Waals surface area contributed by atoms with Crippen molar-refractivity contribution in [1.82, 2.24) is 9.88 Å². The van der Waals surface area contributed by atoms with Gasteiger partial charge in [-0.1, -0.05) is 29.8 Å². The van der Waals surface area contributed by atoms with Crippen molar-refractivity contribution in [2.45, 2.75) is 20.0 Å². The third-order valence-corrected chi connectivity index (χ3v) is 3.57. The first-order valence-corrected chi connectivity index (χ1v) is 7.33. The Labute approximate surface area is 134 Å². The maximum atomic E-state index is 11.9. The molecule has 0 saturated heterocycles. The van der Waals surface area contributed by atoms with Gasteiger partial charge in [-0.3, -0.25) is 4.79 Å². The minimum absolute atomic E-state index is 0.0973. The van der Waals surface area contributed by atoms with Crippen molar-refractivity contribution in [2.24, 2.45) is 7.05 Å². The van der Waals surface area contributed by atoms with Gasteiger partial charge >= 0.3 is 6.03 Å². The maximum absolute atomic E-state index is 11.9. The fourth-order valence-electron chi connectivity index (χ4n) is 2.21. The van der Waals surface area contributed by atoms with Crippen LogP contribution in [0.4, 0.5) is 10.5 Å². The van der Waals surface area contributed by atoms with Crippen LogP contribution in [0.5, 0.6) is 0 Å². The molecule has 0 radical (unpaired) electrons. The number of amides is 2. The lowest BCUT2D eigenvalue weighted by molar-refractivity contribution is 0.175. The van der Waals surface area contributed by atoms with Crippen molar-refractivity contribution in [3.8, 4) is 0 Å². The Bertz CT molecular complexity index is 768. The van der Waals surface area contributed by atoms with Crippen LogP contribution in [0.2, 0.25) is 0 Å². The van der Waals surface area contributed by atoms with Crippen molar-refractivity contribution < 1.29 is 9.90 Å². The lowest BCUT2D eigenvalue weighted by atomic mass is 10.1. The number of nitrogens with zero attached hydrogens (tertiary/aromatic N) is 1. The van der Waals surface area contributed by atoms with Gasteiger partial charge in [-0.25, -0.2) is 4.79 Å². The molecule has 6 nitrogen and oxygen atoms in total. The number of carbonyl (C=O) groups excluding carboxylic acids is 1. The maximum Gasteiger partial charge on any atom is 0.319 e. The quantitative estimate of drug-likeness (QED) is 0.805. The number of aromatic nitrogens is 1. The SMILES string of the molecule is Cc1cccc(C(O)CNC(=O)Nc2cn(C)c(=O)cc2C)c1. The highest BCUT2D eigenvalue weighted by Crippen LogP contribution is 2.14. The first-order valence-electron chi connectivity index (χ1n) is 7.33. The summed E-state index contributed by atoms with van der Waals surface area (Å²) in [5, 5.41) is 15.4. The predicted molar refractivity (Wildman–Crippen MR) is 89.6 cm³/mol. The van der Waals surface area contributed by atoms with Gasteiger partial charge in [0.1, 0.15) is 0 Å². The Hall–Kier alpha value is -2.60. The molecular weight excluding hydrogens is 294 g/mol. The monoisotopic (exact) mass is 315 g/mol. The van der Waals surface area contributed by atoms with Crippen LogP contribution in [0.15, 0.2) is 41.3 Å². The lowest BCUT2D eigenvalue weighted by Crippen LogP contribution is -2.33. The highest BCUT2D eigenvalue weighted by molar-refractivity contribution is 5.89. The highest BCUT2D eigenvalue weighted by atomic mass is 16.3. The number of rotatable bonds is 4. The van der Waals surface area contributed by atoms with Crippen molar-refractivity contribution in [2.75, 3.05) is 11.9 Å². The number of anilines is 1. The molecule has 0 bridgehead atoms. The standard InChI is InChI=1S/C17H21N3O3/c1-11-5-4-6-13(7-11)15(21)9-18-17(23)19-14-10-20(3)16(22)8-12(14)2/h4-8,10,15,21H,9H2,1-3H3,(H2,18,19,23). The summed E-state index contributed by atoms with van der Waals surface area (Å²) in [6.45, 7) is 3.79. The first kappa shape index (κ1) is 16.8. The zero-order chi connectivity index (χ0) is 17.0. The van der Waals surface area contributed by atoms with E-state index in [-0.39, 0.29) is 12.1 Å². The zero-order valence-electron chi connectivity index (χ0n) is 13.5. The van der Waals surface area contributed by atoms with E-state index in [0.717, 1.165) is 11.1 Å². The van der Waals surface area contributed by atoms with E-state index in [9.17, 15) is 14.7 Å². The average Bonchev–Trinajstić information content (AvgIpc) is 2.50. The minimum Gasteiger partial charge on any atom is -0.387 e. The molecule has 2 aromatic rings. The first-order chi connectivity index (χ1) is 10.9. The molecule has 1 atom stereocenters. The molecule has 0 fully saturated rings. The normalized spacial score (nSPS) is 11.8. The largest absolute Gasteiger partial charge is 0.387 e. The Morgan fingerprint density at radius 2 is 2.04 bits per heavy atom. The smallest absolute Gasteiger partial charge is 0.319 e. The Morgan fingerprint density at radius 1 is 1.30 bits per heavy atom. The number of aliphatic hydroxyl groups excluding tert-OH is 1. The van der Waals surface area contributed by atoms with E-state index < -0.39 is 12.1 Å². The summed E-state index contributed by atoms with van der Waals surface area (Å²) >= 11 is 0. The van der Waals surface area contributed by atoms with Gasteiger partial charge < -0.3 is 20.3 Å². The minimum atomic E-state index is -0.776. The number of carbonyl (C=O) groups is 1. The van der Waals surface area contributed by atoms with Gasteiger partial charge in [-0.2, -0.15) is 0 Å². The second-order valence-electron chi connectivity index (χ2n) is 5.58. The lowest BCUT2D eigenvalue weighted by Gasteiger charge is -2.14.